The van der Waals surface area contributed by atoms with Crippen molar-refractivity contribution in [2.75, 3.05) is 13.2 Å². The van der Waals surface area contributed by atoms with Gasteiger partial charge in [-0.3, -0.25) is 9.59 Å². The van der Waals surface area contributed by atoms with Gasteiger partial charge in [-0.2, -0.15) is 0 Å². The molecule has 0 aliphatic carbocycles. The zero-order valence-corrected chi connectivity index (χ0v) is 10.5. The lowest BCUT2D eigenvalue weighted by Gasteiger charge is -2.26. The zero-order chi connectivity index (χ0) is 13.3. The molecule has 0 radical (unpaired) electrons. The van der Waals surface area contributed by atoms with E-state index in [-0.39, 0.29) is 19.6 Å². The summed E-state index contributed by atoms with van der Waals surface area (Å²) in [7, 11) is 0. The first-order valence-electron chi connectivity index (χ1n) is 5.65. The van der Waals surface area contributed by atoms with Crippen molar-refractivity contribution >= 4 is 11.9 Å². The maximum atomic E-state index is 11.9. The van der Waals surface area contributed by atoms with Crippen molar-refractivity contribution in [2.24, 2.45) is 5.41 Å². The summed E-state index contributed by atoms with van der Waals surface area (Å²) < 4.78 is 9.90. The molecule has 4 nitrogen and oxygen atoms in total. The Bertz CT molecular complexity index is 296. The Kier molecular flexibility index (Phi) is 6.94. The summed E-state index contributed by atoms with van der Waals surface area (Å²) in [6.07, 6.45) is 3.50. The van der Waals surface area contributed by atoms with Gasteiger partial charge < -0.3 is 9.47 Å². The van der Waals surface area contributed by atoms with Gasteiger partial charge in [0.1, 0.15) is 6.61 Å². The van der Waals surface area contributed by atoms with Crippen molar-refractivity contribution in [2.45, 2.75) is 26.7 Å². The van der Waals surface area contributed by atoms with E-state index in [1.165, 1.54) is 12.2 Å². The zero-order valence-electron chi connectivity index (χ0n) is 10.5. The molecule has 0 saturated heterocycles. The van der Waals surface area contributed by atoms with Gasteiger partial charge in [-0.25, -0.2) is 0 Å². The van der Waals surface area contributed by atoms with E-state index >= 15 is 0 Å². The monoisotopic (exact) mass is 240 g/mol. The normalized spacial score (nSPS) is 13.3. The van der Waals surface area contributed by atoms with E-state index in [2.05, 4.69) is 13.2 Å². The average molecular weight is 240 g/mol. The number of hydrogen-bond donors (Lipinski definition) is 0. The Morgan fingerprint density at radius 2 is 1.71 bits per heavy atom. The highest BCUT2D eigenvalue weighted by atomic mass is 16.6. The Morgan fingerprint density at radius 1 is 1.12 bits per heavy atom. The lowest BCUT2D eigenvalue weighted by atomic mass is 9.81. The molecule has 0 rings (SSSR count). The van der Waals surface area contributed by atoms with Gasteiger partial charge in [0.15, 0.2) is 5.41 Å². The van der Waals surface area contributed by atoms with Crippen LogP contribution in [-0.2, 0) is 19.1 Å². The molecule has 4 heteroatoms. The fraction of sp³-hybridized carbons (Fsp3) is 0.538. The van der Waals surface area contributed by atoms with Crippen LogP contribution in [0.15, 0.2) is 25.3 Å². The maximum absolute atomic E-state index is 11.9. The minimum absolute atomic E-state index is 0.0805. The van der Waals surface area contributed by atoms with Crippen molar-refractivity contribution in [1.29, 1.82) is 0 Å². The van der Waals surface area contributed by atoms with Crippen molar-refractivity contribution in [1.82, 2.24) is 0 Å². The summed E-state index contributed by atoms with van der Waals surface area (Å²) in [5.74, 6) is -1.14. The van der Waals surface area contributed by atoms with Crippen LogP contribution in [0.4, 0.5) is 0 Å². The number of rotatable bonds is 8. The molecule has 0 amide bonds. The highest BCUT2D eigenvalue weighted by Gasteiger charge is 2.46. The highest BCUT2D eigenvalue weighted by Crippen LogP contribution is 2.30. The van der Waals surface area contributed by atoms with Crippen LogP contribution in [-0.4, -0.2) is 25.2 Å². The SMILES string of the molecule is C=CCOC(=O)C(CC)(CC=C)C(=O)OCC. The molecule has 0 saturated carbocycles. The van der Waals surface area contributed by atoms with Gasteiger partial charge in [0.05, 0.1) is 6.61 Å². The molecule has 0 fully saturated rings. The fourth-order valence-corrected chi connectivity index (χ4v) is 1.47. The van der Waals surface area contributed by atoms with E-state index in [1.54, 1.807) is 13.8 Å². The van der Waals surface area contributed by atoms with Crippen molar-refractivity contribution in [3.05, 3.63) is 25.3 Å². The Morgan fingerprint density at radius 3 is 2.12 bits per heavy atom. The molecule has 0 aliphatic rings. The first-order chi connectivity index (χ1) is 8.08. The standard InChI is InChI=1S/C13H20O4/c1-5-9-13(7-3,11(14)16-8-4)12(15)17-10-6-2/h5-6H,1-2,7-10H2,3-4H3. The predicted octanol–water partition coefficient (Wildman–Crippen LogP) is 2.25. The molecule has 0 aliphatic heterocycles. The number of carbonyl (C=O) groups is 2. The second kappa shape index (κ2) is 7.65. The van der Waals surface area contributed by atoms with E-state index < -0.39 is 17.4 Å². The van der Waals surface area contributed by atoms with Gasteiger partial charge in [0.2, 0.25) is 0 Å². The maximum Gasteiger partial charge on any atom is 0.324 e. The quantitative estimate of drug-likeness (QED) is 0.371. The Hall–Kier alpha value is -1.58. The smallest absolute Gasteiger partial charge is 0.324 e. The summed E-state index contributed by atoms with van der Waals surface area (Å²) in [5, 5.41) is 0. The van der Waals surface area contributed by atoms with E-state index in [0.29, 0.717) is 6.42 Å². The Balaban J connectivity index is 5.03. The van der Waals surface area contributed by atoms with E-state index in [0.717, 1.165) is 0 Å². The summed E-state index contributed by atoms with van der Waals surface area (Å²) in [6, 6.07) is 0. The summed E-state index contributed by atoms with van der Waals surface area (Å²) in [5.41, 5.74) is -1.28. The van der Waals surface area contributed by atoms with Gasteiger partial charge in [-0.15, -0.1) is 6.58 Å². The molecule has 1 atom stereocenters. The van der Waals surface area contributed by atoms with Gasteiger partial charge in [0, 0.05) is 0 Å². The molecule has 17 heavy (non-hydrogen) atoms. The molecule has 0 heterocycles. The van der Waals surface area contributed by atoms with E-state index in [9.17, 15) is 9.59 Å². The van der Waals surface area contributed by atoms with Crippen LogP contribution in [0, 0.1) is 5.41 Å². The highest BCUT2D eigenvalue weighted by molar-refractivity contribution is 6.00. The second-order valence-corrected chi connectivity index (χ2v) is 3.54. The van der Waals surface area contributed by atoms with Gasteiger partial charge >= 0.3 is 11.9 Å². The molecule has 0 bridgehead atoms. The minimum Gasteiger partial charge on any atom is -0.465 e. The van der Waals surface area contributed by atoms with Crippen molar-refractivity contribution < 1.29 is 19.1 Å². The number of ether oxygens (including phenoxy) is 2. The van der Waals surface area contributed by atoms with Crippen LogP contribution in [0.2, 0.25) is 0 Å². The molecular weight excluding hydrogens is 220 g/mol. The molecule has 0 aromatic rings. The van der Waals surface area contributed by atoms with Gasteiger partial charge in [-0.05, 0) is 19.8 Å². The third-order valence-corrected chi connectivity index (χ3v) is 2.49. The molecule has 0 aromatic heterocycles. The van der Waals surface area contributed by atoms with Crippen LogP contribution in [0.1, 0.15) is 26.7 Å². The van der Waals surface area contributed by atoms with E-state index in [1.807, 2.05) is 0 Å². The fourth-order valence-electron chi connectivity index (χ4n) is 1.47. The lowest BCUT2D eigenvalue weighted by Crippen LogP contribution is -2.41. The third kappa shape index (κ3) is 3.73. The van der Waals surface area contributed by atoms with Gasteiger partial charge in [0.25, 0.3) is 0 Å². The van der Waals surface area contributed by atoms with Crippen LogP contribution in [0.3, 0.4) is 0 Å². The average Bonchev–Trinajstić information content (AvgIpc) is 2.33. The number of allylic oxidation sites excluding steroid dienone is 1. The molecule has 0 spiro atoms. The number of carbonyl (C=O) groups excluding carboxylic acids is 2. The van der Waals surface area contributed by atoms with Crippen molar-refractivity contribution in [3.63, 3.8) is 0 Å². The third-order valence-electron chi connectivity index (χ3n) is 2.49. The summed E-state index contributed by atoms with van der Waals surface area (Å²) >= 11 is 0. The van der Waals surface area contributed by atoms with Crippen LogP contribution >= 0.6 is 0 Å². The van der Waals surface area contributed by atoms with Crippen LogP contribution in [0.5, 0.6) is 0 Å². The Labute approximate surface area is 102 Å². The molecule has 96 valence electrons. The van der Waals surface area contributed by atoms with Crippen LogP contribution in [0.25, 0.3) is 0 Å². The summed E-state index contributed by atoms with van der Waals surface area (Å²) in [4.78, 5) is 23.8. The first kappa shape index (κ1) is 15.4. The van der Waals surface area contributed by atoms with E-state index in [4.69, 9.17) is 9.47 Å². The number of esters is 2. The lowest BCUT2D eigenvalue weighted by molar-refractivity contribution is -0.171. The molecule has 0 N–H and O–H groups in total. The number of hydrogen-bond acceptors (Lipinski definition) is 4. The van der Waals surface area contributed by atoms with Crippen LogP contribution < -0.4 is 0 Å². The molecular formula is C13H20O4. The minimum atomic E-state index is -1.28. The van der Waals surface area contributed by atoms with Gasteiger partial charge in [-0.1, -0.05) is 25.7 Å². The topological polar surface area (TPSA) is 52.6 Å². The molecule has 1 unspecified atom stereocenters. The second-order valence-electron chi connectivity index (χ2n) is 3.54. The molecule has 0 aromatic carbocycles. The first-order valence-corrected chi connectivity index (χ1v) is 5.65. The largest absolute Gasteiger partial charge is 0.465 e. The van der Waals surface area contributed by atoms with Crippen molar-refractivity contribution in [3.8, 4) is 0 Å². The summed E-state index contributed by atoms with van der Waals surface area (Å²) in [6.45, 7) is 10.8. The predicted molar refractivity (Wildman–Crippen MR) is 65.3 cm³/mol.